The number of nitrogens with one attached hydrogen (secondary N) is 1. The van der Waals surface area contributed by atoms with Crippen LogP contribution in [0.5, 0.6) is 0 Å². The molecule has 0 aliphatic carbocycles. The molecule has 1 aromatic heterocycles. The highest BCUT2D eigenvalue weighted by Crippen LogP contribution is 2.18. The number of hydrogen-bond donors (Lipinski definition) is 1. The molecule has 1 N–H and O–H groups in total. The van der Waals surface area contributed by atoms with Crippen LogP contribution in [0.4, 0.5) is 5.82 Å². The van der Waals surface area contributed by atoms with Crippen molar-refractivity contribution < 1.29 is 0 Å². The van der Waals surface area contributed by atoms with Gasteiger partial charge in [-0.25, -0.2) is 9.97 Å². The lowest BCUT2D eigenvalue weighted by molar-refractivity contribution is 0.546. The molecule has 0 spiro atoms. The molecular formula is C15H19N3. The first-order chi connectivity index (χ1) is 8.55. The van der Waals surface area contributed by atoms with Crippen molar-refractivity contribution in [3.8, 4) is 0 Å². The Bertz CT molecular complexity index is 501. The third-order valence-corrected chi connectivity index (χ3v) is 2.64. The largest absolute Gasteiger partial charge is 0.366 e. The molecule has 0 aliphatic heterocycles. The summed E-state index contributed by atoms with van der Waals surface area (Å²) in [7, 11) is 0. The van der Waals surface area contributed by atoms with Gasteiger partial charge < -0.3 is 5.32 Å². The van der Waals surface area contributed by atoms with Crippen LogP contribution in [-0.4, -0.2) is 9.97 Å². The lowest BCUT2D eigenvalue weighted by Gasteiger charge is -2.17. The Labute approximate surface area is 108 Å². The van der Waals surface area contributed by atoms with Crippen molar-refractivity contribution in [2.75, 3.05) is 5.32 Å². The topological polar surface area (TPSA) is 37.8 Å². The highest BCUT2D eigenvalue weighted by molar-refractivity contribution is 5.35. The van der Waals surface area contributed by atoms with E-state index in [0.717, 1.165) is 18.2 Å². The highest BCUT2D eigenvalue weighted by atomic mass is 15.0. The molecule has 0 atom stereocenters. The number of anilines is 1. The van der Waals surface area contributed by atoms with Gasteiger partial charge in [0.05, 0.1) is 0 Å². The highest BCUT2D eigenvalue weighted by Gasteiger charge is 2.17. The molecule has 18 heavy (non-hydrogen) atoms. The molecule has 0 fully saturated rings. The van der Waals surface area contributed by atoms with Gasteiger partial charge in [-0.15, -0.1) is 0 Å². The zero-order valence-corrected chi connectivity index (χ0v) is 11.1. The summed E-state index contributed by atoms with van der Waals surface area (Å²) in [4.78, 5) is 8.85. The predicted octanol–water partition coefficient (Wildman–Crippen LogP) is 3.39. The third-order valence-electron chi connectivity index (χ3n) is 2.64. The average Bonchev–Trinajstić information content (AvgIpc) is 2.37. The van der Waals surface area contributed by atoms with Crippen LogP contribution in [0.3, 0.4) is 0 Å². The van der Waals surface area contributed by atoms with Gasteiger partial charge >= 0.3 is 0 Å². The Morgan fingerprint density at radius 3 is 2.44 bits per heavy atom. The number of benzene rings is 1. The van der Waals surface area contributed by atoms with Crippen molar-refractivity contribution in [1.82, 2.24) is 9.97 Å². The van der Waals surface area contributed by atoms with Gasteiger partial charge in [0.1, 0.15) is 11.6 Å². The molecule has 1 heterocycles. The molecule has 94 valence electrons. The van der Waals surface area contributed by atoms with Crippen molar-refractivity contribution in [1.29, 1.82) is 0 Å². The van der Waals surface area contributed by atoms with E-state index in [0.29, 0.717) is 0 Å². The summed E-state index contributed by atoms with van der Waals surface area (Å²) in [5, 5.41) is 3.32. The second-order valence-electron chi connectivity index (χ2n) is 5.35. The number of hydrogen-bond acceptors (Lipinski definition) is 3. The fourth-order valence-electron chi connectivity index (χ4n) is 1.61. The Morgan fingerprint density at radius 2 is 1.78 bits per heavy atom. The smallest absolute Gasteiger partial charge is 0.135 e. The SMILES string of the molecule is CC(C)(C)c1nccc(NCc2ccccc2)n1. The van der Waals surface area contributed by atoms with E-state index in [9.17, 15) is 0 Å². The average molecular weight is 241 g/mol. The Morgan fingerprint density at radius 1 is 1.06 bits per heavy atom. The van der Waals surface area contributed by atoms with Gasteiger partial charge in [0, 0.05) is 18.2 Å². The number of nitrogens with zero attached hydrogens (tertiary/aromatic N) is 2. The van der Waals surface area contributed by atoms with E-state index in [1.807, 2.05) is 24.3 Å². The summed E-state index contributed by atoms with van der Waals surface area (Å²) >= 11 is 0. The summed E-state index contributed by atoms with van der Waals surface area (Å²) in [6.07, 6.45) is 1.81. The summed E-state index contributed by atoms with van der Waals surface area (Å²) in [6, 6.07) is 12.2. The Balaban J connectivity index is 2.06. The van der Waals surface area contributed by atoms with Crippen LogP contribution < -0.4 is 5.32 Å². The molecule has 0 aliphatic rings. The summed E-state index contributed by atoms with van der Waals surface area (Å²) in [5.41, 5.74) is 1.22. The van der Waals surface area contributed by atoms with Crippen molar-refractivity contribution in [2.24, 2.45) is 0 Å². The van der Waals surface area contributed by atoms with Gasteiger partial charge in [-0.3, -0.25) is 0 Å². The molecule has 0 saturated carbocycles. The maximum absolute atomic E-state index is 4.54. The van der Waals surface area contributed by atoms with Crippen LogP contribution in [0.1, 0.15) is 32.2 Å². The zero-order valence-electron chi connectivity index (χ0n) is 11.1. The van der Waals surface area contributed by atoms with Crippen LogP contribution in [0.25, 0.3) is 0 Å². The van der Waals surface area contributed by atoms with Crippen molar-refractivity contribution in [2.45, 2.75) is 32.7 Å². The summed E-state index contributed by atoms with van der Waals surface area (Å²) in [5.74, 6) is 1.74. The summed E-state index contributed by atoms with van der Waals surface area (Å²) < 4.78 is 0. The zero-order chi connectivity index (χ0) is 13.0. The number of aromatic nitrogens is 2. The lowest BCUT2D eigenvalue weighted by Crippen LogP contribution is -2.16. The van der Waals surface area contributed by atoms with Crippen molar-refractivity contribution >= 4 is 5.82 Å². The van der Waals surface area contributed by atoms with Crippen LogP contribution in [0, 0.1) is 0 Å². The first-order valence-corrected chi connectivity index (χ1v) is 6.17. The minimum atomic E-state index is -0.0234. The molecule has 3 nitrogen and oxygen atoms in total. The minimum Gasteiger partial charge on any atom is -0.366 e. The maximum Gasteiger partial charge on any atom is 0.135 e. The maximum atomic E-state index is 4.54. The predicted molar refractivity (Wildman–Crippen MR) is 74.5 cm³/mol. The molecule has 0 radical (unpaired) electrons. The van der Waals surface area contributed by atoms with E-state index < -0.39 is 0 Å². The van der Waals surface area contributed by atoms with E-state index in [2.05, 4.69) is 48.2 Å². The minimum absolute atomic E-state index is 0.0234. The summed E-state index contributed by atoms with van der Waals surface area (Å²) in [6.45, 7) is 7.12. The van der Waals surface area contributed by atoms with Crippen molar-refractivity contribution in [3.05, 3.63) is 54.0 Å². The second kappa shape index (κ2) is 5.17. The molecular weight excluding hydrogens is 222 g/mol. The van der Waals surface area contributed by atoms with Crippen molar-refractivity contribution in [3.63, 3.8) is 0 Å². The quantitative estimate of drug-likeness (QED) is 0.895. The van der Waals surface area contributed by atoms with Crippen LogP contribution in [-0.2, 0) is 12.0 Å². The molecule has 2 aromatic rings. The standard InChI is InChI=1S/C15H19N3/c1-15(2,3)14-16-10-9-13(18-14)17-11-12-7-5-4-6-8-12/h4-10H,11H2,1-3H3,(H,16,17,18). The Kier molecular flexibility index (Phi) is 3.60. The molecule has 1 aromatic carbocycles. The van der Waals surface area contributed by atoms with E-state index in [4.69, 9.17) is 0 Å². The normalized spacial score (nSPS) is 11.3. The molecule has 0 unspecified atom stereocenters. The molecule has 2 rings (SSSR count). The molecule has 0 bridgehead atoms. The molecule has 0 amide bonds. The first kappa shape index (κ1) is 12.6. The number of rotatable bonds is 3. The van der Waals surface area contributed by atoms with E-state index in [-0.39, 0.29) is 5.41 Å². The molecule has 0 saturated heterocycles. The second-order valence-corrected chi connectivity index (χ2v) is 5.35. The van der Waals surface area contributed by atoms with Crippen LogP contribution in [0.2, 0.25) is 0 Å². The van der Waals surface area contributed by atoms with Crippen LogP contribution >= 0.6 is 0 Å². The first-order valence-electron chi connectivity index (χ1n) is 6.17. The lowest BCUT2D eigenvalue weighted by atomic mass is 9.96. The third kappa shape index (κ3) is 3.29. The van der Waals surface area contributed by atoms with Gasteiger partial charge in [0.25, 0.3) is 0 Å². The van der Waals surface area contributed by atoms with E-state index in [1.165, 1.54) is 5.56 Å². The van der Waals surface area contributed by atoms with E-state index >= 15 is 0 Å². The molecule has 3 heteroatoms. The van der Waals surface area contributed by atoms with Crippen LogP contribution in [0.15, 0.2) is 42.6 Å². The van der Waals surface area contributed by atoms with Gasteiger partial charge in [-0.1, -0.05) is 51.1 Å². The fourth-order valence-corrected chi connectivity index (χ4v) is 1.61. The van der Waals surface area contributed by atoms with Gasteiger partial charge in [-0.05, 0) is 11.6 Å². The Hall–Kier alpha value is -1.90. The van der Waals surface area contributed by atoms with E-state index in [1.54, 1.807) is 6.20 Å². The van der Waals surface area contributed by atoms with Gasteiger partial charge in [0.15, 0.2) is 0 Å². The fraction of sp³-hybridized carbons (Fsp3) is 0.333. The van der Waals surface area contributed by atoms with Gasteiger partial charge in [0.2, 0.25) is 0 Å². The monoisotopic (exact) mass is 241 g/mol. The van der Waals surface area contributed by atoms with Gasteiger partial charge in [-0.2, -0.15) is 0 Å².